The Balaban J connectivity index is 1.33. The normalized spacial score (nSPS) is 17.8. The van der Waals surface area contributed by atoms with Crippen LogP contribution in [0.2, 0.25) is 0 Å². The summed E-state index contributed by atoms with van der Waals surface area (Å²) in [6, 6.07) is 8.65. The standard InChI is InChI=1S/C33H31F2N5O5S2/c34-25-7-6-22(16-23(25)20-9-11-39(12-10-20)31(41)21-4-5-21)30-24(13-19-3-8-29(26(35)14-19)47(36,44)45)28(15-18-1-2-18)40(38-30)33-37-27(17-46-33)32(42)43/h3,6-9,14,16-18,21H,1-2,4-5,10-13,15H2,(H3-,36,42,43,44,45)/p+1. The minimum absolute atomic E-state index is 0.112. The number of halogens is 2. The van der Waals surface area contributed by atoms with E-state index in [4.69, 9.17) is 10.2 Å². The highest BCUT2D eigenvalue weighted by atomic mass is 32.3. The van der Waals surface area contributed by atoms with Crippen molar-refractivity contribution in [3.63, 3.8) is 0 Å². The molecule has 2 fully saturated rings. The number of carboxylic acids is 1. The number of nitrogens with two attached hydrogens (primary N) is 1. The molecule has 3 aliphatic rings. The number of carbonyl (C=O) groups is 2. The molecule has 10 nitrogen and oxygen atoms in total. The van der Waals surface area contributed by atoms with Crippen molar-refractivity contribution in [3.8, 4) is 16.4 Å². The van der Waals surface area contributed by atoms with Crippen LogP contribution in [0.15, 0.2) is 52.7 Å². The summed E-state index contributed by atoms with van der Waals surface area (Å²) in [4.78, 5) is 29.9. The van der Waals surface area contributed by atoms with Crippen molar-refractivity contribution in [2.75, 3.05) is 13.1 Å². The second kappa shape index (κ2) is 12.2. The van der Waals surface area contributed by atoms with Crippen LogP contribution in [-0.4, -0.2) is 54.3 Å². The van der Waals surface area contributed by atoms with Gasteiger partial charge in [-0.1, -0.05) is 12.1 Å². The van der Waals surface area contributed by atoms with Crippen LogP contribution in [0.1, 0.15) is 65.0 Å². The zero-order valence-corrected chi connectivity index (χ0v) is 26.8. The van der Waals surface area contributed by atoms with Gasteiger partial charge in [-0.25, -0.2) is 23.2 Å². The Labute approximate surface area is 274 Å². The van der Waals surface area contributed by atoms with Gasteiger partial charge >= 0.3 is 16.4 Å². The summed E-state index contributed by atoms with van der Waals surface area (Å²) in [5, 5.41) is 21.6. The molecule has 244 valence electrons. The first-order valence-electron chi connectivity index (χ1n) is 15.4. The van der Waals surface area contributed by atoms with Crippen LogP contribution in [0, 0.1) is 23.5 Å². The number of carbonyl (C=O) groups excluding carboxylic acids is 1. The number of thiazole rings is 1. The first-order valence-corrected chi connectivity index (χ1v) is 17.8. The quantitative estimate of drug-likeness (QED) is 0.181. The number of hydrogen-bond donors (Lipinski definition) is 3. The van der Waals surface area contributed by atoms with Crippen molar-refractivity contribution >= 4 is 39.2 Å². The molecular weight excluding hydrogens is 649 g/mol. The minimum Gasteiger partial charge on any atom is -0.476 e. The van der Waals surface area contributed by atoms with Gasteiger partial charge in [-0.15, -0.1) is 16.5 Å². The number of nitrogens with zero attached hydrogens (tertiary/aromatic N) is 4. The molecule has 1 aliphatic heterocycles. The monoisotopic (exact) mass is 680 g/mol. The Kier molecular flexibility index (Phi) is 8.15. The van der Waals surface area contributed by atoms with Crippen LogP contribution in [0.25, 0.3) is 22.0 Å². The fourth-order valence-corrected chi connectivity index (χ4v) is 7.42. The third kappa shape index (κ3) is 6.55. The highest BCUT2D eigenvalue weighted by molar-refractivity contribution is 7.95. The summed E-state index contributed by atoms with van der Waals surface area (Å²) < 4.78 is 53.7. The van der Waals surface area contributed by atoms with Crippen molar-refractivity contribution in [1.29, 1.82) is 0 Å². The Bertz CT molecular complexity index is 1990. The molecular formula is C33H32F2N5O5S2+. The van der Waals surface area contributed by atoms with Gasteiger partial charge in [0.05, 0.1) is 11.4 Å². The second-order valence-corrected chi connectivity index (χ2v) is 14.8. The maximum Gasteiger partial charge on any atom is 0.355 e. The molecule has 0 bridgehead atoms. The van der Waals surface area contributed by atoms with E-state index in [9.17, 15) is 27.8 Å². The van der Waals surface area contributed by atoms with E-state index in [-0.39, 0.29) is 23.9 Å². The fourth-order valence-electron chi connectivity index (χ4n) is 6.04. The van der Waals surface area contributed by atoms with Crippen molar-refractivity contribution in [2.45, 2.75) is 49.8 Å². The maximum absolute atomic E-state index is 15.4. The smallest absolute Gasteiger partial charge is 0.355 e. The van der Waals surface area contributed by atoms with Gasteiger partial charge in [0, 0.05) is 53.6 Å². The largest absolute Gasteiger partial charge is 0.476 e. The highest BCUT2D eigenvalue weighted by Gasteiger charge is 2.34. The van der Waals surface area contributed by atoms with Gasteiger partial charge in [-0.2, -0.15) is 9.65 Å². The van der Waals surface area contributed by atoms with Gasteiger partial charge in [0.15, 0.2) is 11.5 Å². The molecule has 1 unspecified atom stereocenters. The molecule has 47 heavy (non-hydrogen) atoms. The van der Waals surface area contributed by atoms with E-state index in [1.54, 1.807) is 16.8 Å². The van der Waals surface area contributed by atoms with Gasteiger partial charge in [0.1, 0.15) is 5.82 Å². The lowest BCUT2D eigenvalue weighted by Crippen LogP contribution is -2.35. The molecule has 7 rings (SSSR count). The number of amides is 1. The van der Waals surface area contributed by atoms with Crippen LogP contribution >= 0.6 is 11.3 Å². The van der Waals surface area contributed by atoms with Crippen LogP contribution < -0.4 is 5.14 Å². The van der Waals surface area contributed by atoms with Crippen LogP contribution in [0.4, 0.5) is 8.78 Å². The van der Waals surface area contributed by atoms with E-state index >= 15 is 4.39 Å². The van der Waals surface area contributed by atoms with Gasteiger partial charge in [-0.3, -0.25) is 4.79 Å². The van der Waals surface area contributed by atoms with Gasteiger partial charge in [0.2, 0.25) is 15.9 Å². The molecule has 2 aromatic carbocycles. The molecule has 1 amide bonds. The molecule has 0 radical (unpaired) electrons. The summed E-state index contributed by atoms with van der Waals surface area (Å²) in [7, 11) is -4.01. The van der Waals surface area contributed by atoms with E-state index in [0.717, 1.165) is 53.9 Å². The molecule has 4 aromatic rings. The van der Waals surface area contributed by atoms with E-state index in [1.807, 2.05) is 11.0 Å². The van der Waals surface area contributed by atoms with E-state index in [2.05, 4.69) is 4.98 Å². The zero-order valence-electron chi connectivity index (χ0n) is 25.2. The highest BCUT2D eigenvalue weighted by Crippen LogP contribution is 2.39. The van der Waals surface area contributed by atoms with Gasteiger partial charge < -0.3 is 10.0 Å². The summed E-state index contributed by atoms with van der Waals surface area (Å²) in [5.74, 6) is -1.84. The zero-order chi connectivity index (χ0) is 33.0. The Morgan fingerprint density at radius 2 is 1.87 bits per heavy atom. The van der Waals surface area contributed by atoms with Crippen molar-refractivity contribution in [2.24, 2.45) is 17.0 Å². The average Bonchev–Trinajstić information content (AvgIpc) is 3.96. The Morgan fingerprint density at radius 1 is 1.09 bits per heavy atom. The lowest BCUT2D eigenvalue weighted by atomic mass is 9.93. The second-order valence-electron chi connectivity index (χ2n) is 12.4. The third-order valence-corrected chi connectivity index (χ3v) is 10.7. The third-order valence-electron chi connectivity index (χ3n) is 8.89. The lowest BCUT2D eigenvalue weighted by molar-refractivity contribution is -0.132. The van der Waals surface area contributed by atoms with E-state index in [0.29, 0.717) is 59.4 Å². The summed E-state index contributed by atoms with van der Waals surface area (Å²) in [6.45, 7) is 0.928. The first kappa shape index (κ1) is 31.5. The number of aromatic carboxylic acids is 1. The number of hydrogen-bond acceptors (Lipinski definition) is 6. The van der Waals surface area contributed by atoms with Crippen molar-refractivity contribution in [3.05, 3.63) is 87.6 Å². The number of carboxylic acid groups (broad SMARTS) is 1. The molecule has 0 spiro atoms. The van der Waals surface area contributed by atoms with E-state index < -0.39 is 32.9 Å². The lowest BCUT2D eigenvalue weighted by Gasteiger charge is -2.27. The number of aromatic nitrogens is 3. The predicted molar refractivity (Wildman–Crippen MR) is 172 cm³/mol. The summed E-state index contributed by atoms with van der Waals surface area (Å²) in [6.07, 6.45) is 7.06. The Hall–Kier alpha value is -4.11. The summed E-state index contributed by atoms with van der Waals surface area (Å²) >= 11 is 1.13. The maximum atomic E-state index is 15.4. The molecule has 0 saturated heterocycles. The number of benzene rings is 2. The van der Waals surface area contributed by atoms with Crippen LogP contribution in [0.5, 0.6) is 0 Å². The van der Waals surface area contributed by atoms with Crippen molar-refractivity contribution in [1.82, 2.24) is 19.7 Å². The predicted octanol–water partition coefficient (Wildman–Crippen LogP) is 5.75. The SMILES string of the molecule is N[S+](=O)(O)c1ccc(Cc2c(-c3ccc(F)c(C4=CCN(C(=O)C5CC5)CC4)c3)nn(-c3nc(C(=O)O)cs3)c2CC2CC2)cc1F. The molecule has 3 heterocycles. The van der Waals surface area contributed by atoms with Crippen LogP contribution in [0.3, 0.4) is 0 Å². The molecule has 14 heteroatoms. The van der Waals surface area contributed by atoms with E-state index in [1.165, 1.54) is 29.6 Å². The fraction of sp³-hybridized carbons (Fsp3) is 0.333. The first-order chi connectivity index (χ1) is 22.5. The average molecular weight is 681 g/mol. The molecule has 2 aromatic heterocycles. The summed E-state index contributed by atoms with van der Waals surface area (Å²) in [5.41, 5.74) is 4.20. The number of rotatable bonds is 10. The molecule has 2 aliphatic carbocycles. The van der Waals surface area contributed by atoms with Gasteiger partial charge in [-0.05, 0) is 84.1 Å². The van der Waals surface area contributed by atoms with Crippen LogP contribution in [-0.2, 0) is 32.2 Å². The Morgan fingerprint density at radius 3 is 2.49 bits per heavy atom. The molecule has 2 saturated carbocycles. The topological polar surface area (TPSA) is 152 Å². The van der Waals surface area contributed by atoms with Crippen molar-refractivity contribution < 1.29 is 32.2 Å². The molecule has 1 atom stereocenters. The minimum atomic E-state index is -4.01. The molecule has 4 N–H and O–H groups in total. The van der Waals surface area contributed by atoms with Gasteiger partial charge in [0.25, 0.3) is 0 Å².